The highest BCUT2D eigenvalue weighted by molar-refractivity contribution is 5.60. The van der Waals surface area contributed by atoms with Gasteiger partial charge >= 0.3 is 0 Å². The van der Waals surface area contributed by atoms with E-state index < -0.39 is 0 Å². The number of nitrogens with two attached hydrogens (primary N) is 1. The van der Waals surface area contributed by atoms with Crippen LogP contribution in [0.1, 0.15) is 18.3 Å². The second kappa shape index (κ2) is 5.62. The fourth-order valence-corrected chi connectivity index (χ4v) is 1.65. The standard InChI is InChI=1S/C13H16FN5/c1-3-11-17-12(7-13(18-11)19-15)16-10-5-4-8(2)6-9(10)14/h4-7H,3,15H2,1-2H3,(H2,16,17,18,19). The number of hydrogen-bond acceptors (Lipinski definition) is 5. The number of aryl methyl sites for hydroxylation is 2. The van der Waals surface area contributed by atoms with E-state index in [9.17, 15) is 4.39 Å². The molecule has 0 radical (unpaired) electrons. The molecule has 0 saturated heterocycles. The molecule has 0 bridgehead atoms. The highest BCUT2D eigenvalue weighted by Gasteiger charge is 2.06. The monoisotopic (exact) mass is 261 g/mol. The summed E-state index contributed by atoms with van der Waals surface area (Å²) in [6.07, 6.45) is 0.667. The van der Waals surface area contributed by atoms with Gasteiger partial charge in [-0.2, -0.15) is 0 Å². The van der Waals surface area contributed by atoms with Crippen LogP contribution in [0.2, 0.25) is 0 Å². The third kappa shape index (κ3) is 3.17. The van der Waals surface area contributed by atoms with E-state index in [1.54, 1.807) is 12.1 Å². The molecule has 1 heterocycles. The van der Waals surface area contributed by atoms with Crippen LogP contribution >= 0.6 is 0 Å². The normalized spacial score (nSPS) is 10.3. The van der Waals surface area contributed by atoms with Gasteiger partial charge in [0.25, 0.3) is 0 Å². The molecule has 6 heteroatoms. The minimum Gasteiger partial charge on any atom is -0.338 e. The molecule has 0 aliphatic rings. The lowest BCUT2D eigenvalue weighted by molar-refractivity contribution is 0.630. The first-order valence-corrected chi connectivity index (χ1v) is 6.00. The zero-order valence-corrected chi connectivity index (χ0v) is 10.9. The predicted octanol–water partition coefficient (Wildman–Crippen LogP) is 2.52. The van der Waals surface area contributed by atoms with E-state index in [4.69, 9.17) is 5.84 Å². The predicted molar refractivity (Wildman–Crippen MR) is 73.6 cm³/mol. The van der Waals surface area contributed by atoms with Gasteiger partial charge in [-0.3, -0.25) is 0 Å². The summed E-state index contributed by atoms with van der Waals surface area (Å²) < 4.78 is 13.8. The molecule has 0 aliphatic carbocycles. The molecule has 0 saturated carbocycles. The number of anilines is 3. The number of nitrogen functional groups attached to an aromatic ring is 1. The molecule has 0 amide bonds. The fraction of sp³-hybridized carbons (Fsp3) is 0.231. The summed E-state index contributed by atoms with van der Waals surface area (Å²) in [5.74, 6) is 6.64. The summed E-state index contributed by atoms with van der Waals surface area (Å²) in [6, 6.07) is 6.59. The first-order valence-electron chi connectivity index (χ1n) is 6.00. The van der Waals surface area contributed by atoms with Gasteiger partial charge in [0.15, 0.2) is 0 Å². The Morgan fingerprint density at radius 3 is 2.58 bits per heavy atom. The molecule has 2 aromatic rings. The van der Waals surface area contributed by atoms with Crippen molar-refractivity contribution in [2.75, 3.05) is 10.7 Å². The molecule has 0 aliphatic heterocycles. The van der Waals surface area contributed by atoms with Crippen molar-refractivity contribution in [1.29, 1.82) is 0 Å². The van der Waals surface area contributed by atoms with Gasteiger partial charge in [-0.05, 0) is 24.6 Å². The number of rotatable bonds is 4. The average Bonchev–Trinajstić information content (AvgIpc) is 2.41. The van der Waals surface area contributed by atoms with Crippen molar-refractivity contribution in [2.24, 2.45) is 5.84 Å². The zero-order chi connectivity index (χ0) is 13.8. The second-order valence-electron chi connectivity index (χ2n) is 4.16. The van der Waals surface area contributed by atoms with Gasteiger partial charge in [-0.25, -0.2) is 20.2 Å². The number of aromatic nitrogens is 2. The molecular weight excluding hydrogens is 245 g/mol. The largest absolute Gasteiger partial charge is 0.338 e. The molecule has 100 valence electrons. The number of benzene rings is 1. The first-order chi connectivity index (χ1) is 9.12. The average molecular weight is 261 g/mol. The summed E-state index contributed by atoms with van der Waals surface area (Å²) in [7, 11) is 0. The maximum Gasteiger partial charge on any atom is 0.146 e. The van der Waals surface area contributed by atoms with Crippen molar-refractivity contribution in [2.45, 2.75) is 20.3 Å². The Bertz CT molecular complexity index is 563. The minimum atomic E-state index is -0.320. The van der Waals surface area contributed by atoms with Crippen LogP contribution in [-0.4, -0.2) is 9.97 Å². The van der Waals surface area contributed by atoms with Crippen LogP contribution in [0, 0.1) is 12.7 Å². The molecule has 1 aromatic heterocycles. The Hall–Kier alpha value is -2.21. The van der Waals surface area contributed by atoms with Gasteiger partial charge in [0.2, 0.25) is 0 Å². The lowest BCUT2D eigenvalue weighted by Crippen LogP contribution is -2.11. The molecule has 0 spiro atoms. The van der Waals surface area contributed by atoms with Crippen LogP contribution in [0.3, 0.4) is 0 Å². The maximum atomic E-state index is 13.8. The smallest absolute Gasteiger partial charge is 0.146 e. The van der Waals surface area contributed by atoms with E-state index >= 15 is 0 Å². The van der Waals surface area contributed by atoms with E-state index in [0.29, 0.717) is 29.6 Å². The van der Waals surface area contributed by atoms with Crippen molar-refractivity contribution < 1.29 is 4.39 Å². The fourth-order valence-electron chi connectivity index (χ4n) is 1.65. The molecule has 0 unspecified atom stereocenters. The van der Waals surface area contributed by atoms with Gasteiger partial charge < -0.3 is 10.7 Å². The quantitative estimate of drug-likeness (QED) is 0.582. The SMILES string of the molecule is CCc1nc(NN)cc(Nc2ccc(C)cc2F)n1. The molecule has 5 nitrogen and oxygen atoms in total. The number of halogens is 1. The lowest BCUT2D eigenvalue weighted by Gasteiger charge is -2.10. The van der Waals surface area contributed by atoms with E-state index in [1.165, 1.54) is 6.07 Å². The van der Waals surface area contributed by atoms with Gasteiger partial charge in [0.05, 0.1) is 5.69 Å². The van der Waals surface area contributed by atoms with E-state index in [-0.39, 0.29) is 5.82 Å². The molecule has 1 aromatic carbocycles. The van der Waals surface area contributed by atoms with Gasteiger partial charge in [0, 0.05) is 12.5 Å². The Morgan fingerprint density at radius 2 is 1.95 bits per heavy atom. The molecular formula is C13H16FN5. The van der Waals surface area contributed by atoms with Crippen molar-refractivity contribution in [3.8, 4) is 0 Å². The van der Waals surface area contributed by atoms with Crippen molar-refractivity contribution in [3.63, 3.8) is 0 Å². The number of nitrogens with zero attached hydrogens (tertiary/aromatic N) is 2. The third-order valence-corrected chi connectivity index (χ3v) is 2.62. The highest BCUT2D eigenvalue weighted by atomic mass is 19.1. The summed E-state index contributed by atoms with van der Waals surface area (Å²) in [5, 5.41) is 2.93. The Kier molecular flexibility index (Phi) is 3.91. The van der Waals surface area contributed by atoms with E-state index in [0.717, 1.165) is 5.56 Å². The topological polar surface area (TPSA) is 75.9 Å². The molecule has 19 heavy (non-hydrogen) atoms. The maximum absolute atomic E-state index is 13.8. The molecule has 0 atom stereocenters. The number of nitrogens with one attached hydrogen (secondary N) is 2. The van der Waals surface area contributed by atoms with Crippen LogP contribution in [0.25, 0.3) is 0 Å². The van der Waals surface area contributed by atoms with Crippen LogP contribution in [0.15, 0.2) is 24.3 Å². The van der Waals surface area contributed by atoms with E-state index in [1.807, 2.05) is 19.9 Å². The number of hydrogen-bond donors (Lipinski definition) is 3. The van der Waals surface area contributed by atoms with E-state index in [2.05, 4.69) is 20.7 Å². The summed E-state index contributed by atoms with van der Waals surface area (Å²) >= 11 is 0. The van der Waals surface area contributed by atoms with Gasteiger partial charge in [0.1, 0.15) is 23.3 Å². The zero-order valence-electron chi connectivity index (χ0n) is 10.9. The lowest BCUT2D eigenvalue weighted by atomic mass is 10.2. The Labute approximate surface area is 111 Å². The van der Waals surface area contributed by atoms with Crippen molar-refractivity contribution in [3.05, 3.63) is 41.5 Å². The minimum absolute atomic E-state index is 0.320. The molecule has 2 rings (SSSR count). The number of hydrazine groups is 1. The Morgan fingerprint density at radius 1 is 1.21 bits per heavy atom. The summed E-state index contributed by atoms with van der Waals surface area (Å²) in [5.41, 5.74) is 3.70. The third-order valence-electron chi connectivity index (χ3n) is 2.62. The van der Waals surface area contributed by atoms with Crippen LogP contribution in [0.4, 0.5) is 21.7 Å². The molecule has 4 N–H and O–H groups in total. The van der Waals surface area contributed by atoms with Crippen LogP contribution in [-0.2, 0) is 6.42 Å². The Balaban J connectivity index is 2.31. The van der Waals surface area contributed by atoms with Crippen LogP contribution in [0.5, 0.6) is 0 Å². The van der Waals surface area contributed by atoms with Gasteiger partial charge in [-0.1, -0.05) is 13.0 Å². The molecule has 0 fully saturated rings. The van der Waals surface area contributed by atoms with Crippen molar-refractivity contribution in [1.82, 2.24) is 9.97 Å². The van der Waals surface area contributed by atoms with Gasteiger partial charge in [-0.15, -0.1) is 0 Å². The first kappa shape index (κ1) is 13.2. The van der Waals surface area contributed by atoms with Crippen molar-refractivity contribution >= 4 is 17.3 Å². The summed E-state index contributed by atoms with van der Waals surface area (Å²) in [6.45, 7) is 3.77. The second-order valence-corrected chi connectivity index (χ2v) is 4.16. The highest BCUT2D eigenvalue weighted by Crippen LogP contribution is 2.21. The van der Waals surface area contributed by atoms with Crippen LogP contribution < -0.4 is 16.6 Å². The summed E-state index contributed by atoms with van der Waals surface area (Å²) in [4.78, 5) is 8.44.